The molecule has 0 bridgehead atoms. The van der Waals surface area contributed by atoms with E-state index in [9.17, 15) is 0 Å². The minimum absolute atomic E-state index is 0.0624. The van der Waals surface area contributed by atoms with Gasteiger partial charge in [0.05, 0.1) is 12.1 Å². The van der Waals surface area contributed by atoms with Crippen LogP contribution in [-0.4, -0.2) is 29.8 Å². The lowest BCUT2D eigenvalue weighted by Crippen LogP contribution is -2.41. The van der Waals surface area contributed by atoms with Gasteiger partial charge in [0, 0.05) is 26.0 Å². The first-order valence-electron chi connectivity index (χ1n) is 6.16. The molecule has 1 aromatic rings. The first-order chi connectivity index (χ1) is 7.95. The molecular weight excluding hydrogens is 214 g/mol. The molecule has 2 unspecified atom stereocenters. The average Bonchev–Trinajstić information content (AvgIpc) is 2.71. The van der Waals surface area contributed by atoms with E-state index in [1.54, 1.807) is 7.11 Å². The highest BCUT2D eigenvalue weighted by atomic mass is 16.5. The number of methoxy groups -OCH3 is 1. The number of hydrogen-bond donors (Lipinski definition) is 1. The Morgan fingerprint density at radius 2 is 2.12 bits per heavy atom. The molecule has 0 aromatic carbocycles. The van der Waals surface area contributed by atoms with E-state index < -0.39 is 0 Å². The Morgan fingerprint density at radius 1 is 1.47 bits per heavy atom. The molecule has 0 saturated carbocycles. The summed E-state index contributed by atoms with van der Waals surface area (Å²) in [5.74, 6) is 1.04. The lowest BCUT2D eigenvalue weighted by Gasteiger charge is -2.35. The fraction of sp³-hybridized carbons (Fsp3) is 0.769. The second-order valence-electron chi connectivity index (χ2n) is 5.36. The van der Waals surface area contributed by atoms with Crippen LogP contribution in [0.1, 0.15) is 39.6 Å². The van der Waals surface area contributed by atoms with Crippen LogP contribution in [0.25, 0.3) is 0 Å². The van der Waals surface area contributed by atoms with Gasteiger partial charge in [-0.05, 0) is 19.4 Å². The maximum absolute atomic E-state index is 5.68. The molecular formula is C13H25N3O. The molecule has 0 amide bonds. The summed E-state index contributed by atoms with van der Waals surface area (Å²) in [4.78, 5) is 4.46. The summed E-state index contributed by atoms with van der Waals surface area (Å²) in [6.45, 7) is 9.60. The lowest BCUT2D eigenvalue weighted by molar-refractivity contribution is -0.0130. The summed E-state index contributed by atoms with van der Waals surface area (Å²) in [6.07, 6.45) is 3.94. The lowest BCUT2D eigenvalue weighted by atomic mass is 9.84. The van der Waals surface area contributed by atoms with Gasteiger partial charge in [0.1, 0.15) is 5.82 Å². The summed E-state index contributed by atoms with van der Waals surface area (Å²) in [5, 5.41) is 3.33. The molecule has 1 N–H and O–H groups in total. The Hall–Kier alpha value is -0.870. The number of ether oxygens (including phenoxy) is 1. The van der Waals surface area contributed by atoms with Gasteiger partial charge in [-0.3, -0.25) is 0 Å². The third-order valence-corrected chi connectivity index (χ3v) is 3.09. The fourth-order valence-corrected chi connectivity index (χ4v) is 2.27. The Kier molecular flexibility index (Phi) is 4.71. The van der Waals surface area contributed by atoms with Crippen LogP contribution in [-0.2, 0) is 11.3 Å². The summed E-state index contributed by atoms with van der Waals surface area (Å²) < 4.78 is 7.83. The number of aryl methyl sites for hydroxylation is 1. The number of imidazole rings is 1. The molecule has 0 aliphatic carbocycles. The SMILES string of the molecule is CCn1ccnc1C(NC)C(OC)C(C)(C)C. The molecule has 98 valence electrons. The predicted octanol–water partition coefficient (Wildman–Crippen LogP) is 2.22. The van der Waals surface area contributed by atoms with Crippen molar-refractivity contribution in [1.29, 1.82) is 0 Å². The molecule has 0 fully saturated rings. The van der Waals surface area contributed by atoms with Gasteiger partial charge in [0.25, 0.3) is 0 Å². The van der Waals surface area contributed by atoms with E-state index >= 15 is 0 Å². The number of hydrogen-bond acceptors (Lipinski definition) is 3. The molecule has 17 heavy (non-hydrogen) atoms. The van der Waals surface area contributed by atoms with Gasteiger partial charge in [-0.15, -0.1) is 0 Å². The van der Waals surface area contributed by atoms with Gasteiger partial charge in [0.15, 0.2) is 0 Å². The Bertz CT molecular complexity index is 341. The zero-order valence-electron chi connectivity index (χ0n) is 11.8. The molecule has 2 atom stereocenters. The van der Waals surface area contributed by atoms with E-state index in [1.807, 2.05) is 19.4 Å². The van der Waals surface area contributed by atoms with Crippen LogP contribution in [0.4, 0.5) is 0 Å². The first-order valence-corrected chi connectivity index (χ1v) is 6.16. The maximum atomic E-state index is 5.68. The Balaban J connectivity index is 3.05. The van der Waals surface area contributed by atoms with Crippen LogP contribution in [0.2, 0.25) is 0 Å². The van der Waals surface area contributed by atoms with Crippen LogP contribution < -0.4 is 5.32 Å². The third kappa shape index (κ3) is 3.07. The maximum Gasteiger partial charge on any atom is 0.128 e. The van der Waals surface area contributed by atoms with Crippen molar-refractivity contribution in [2.24, 2.45) is 5.41 Å². The van der Waals surface area contributed by atoms with Crippen molar-refractivity contribution in [3.05, 3.63) is 18.2 Å². The molecule has 4 heteroatoms. The summed E-state index contributed by atoms with van der Waals surface area (Å²) in [5.41, 5.74) is 0.0624. The van der Waals surface area contributed by atoms with Crippen molar-refractivity contribution in [2.45, 2.75) is 46.4 Å². The fourth-order valence-electron chi connectivity index (χ4n) is 2.27. The quantitative estimate of drug-likeness (QED) is 0.856. The molecule has 0 aliphatic rings. The van der Waals surface area contributed by atoms with E-state index in [-0.39, 0.29) is 17.6 Å². The van der Waals surface area contributed by atoms with Crippen molar-refractivity contribution in [3.8, 4) is 0 Å². The Morgan fingerprint density at radius 3 is 2.53 bits per heavy atom. The van der Waals surface area contributed by atoms with Gasteiger partial charge in [-0.1, -0.05) is 20.8 Å². The smallest absolute Gasteiger partial charge is 0.128 e. The van der Waals surface area contributed by atoms with Gasteiger partial charge in [-0.2, -0.15) is 0 Å². The highest BCUT2D eigenvalue weighted by Gasteiger charge is 2.34. The van der Waals surface area contributed by atoms with Crippen molar-refractivity contribution >= 4 is 0 Å². The summed E-state index contributed by atoms with van der Waals surface area (Å²) >= 11 is 0. The largest absolute Gasteiger partial charge is 0.379 e. The number of rotatable bonds is 5. The van der Waals surface area contributed by atoms with Crippen molar-refractivity contribution < 1.29 is 4.74 Å². The standard InChI is InChI=1S/C13H25N3O/c1-7-16-9-8-15-12(16)10(14-5)11(17-6)13(2,3)4/h8-11,14H,7H2,1-6H3. The van der Waals surface area contributed by atoms with Crippen LogP contribution in [0, 0.1) is 5.41 Å². The zero-order chi connectivity index (χ0) is 13.1. The third-order valence-electron chi connectivity index (χ3n) is 3.09. The number of nitrogens with zero attached hydrogens (tertiary/aromatic N) is 2. The second kappa shape index (κ2) is 5.65. The second-order valence-corrected chi connectivity index (χ2v) is 5.36. The summed E-state index contributed by atoms with van der Waals surface area (Å²) in [7, 11) is 3.72. The molecule has 0 aliphatic heterocycles. The number of aromatic nitrogens is 2. The van der Waals surface area contributed by atoms with E-state index in [4.69, 9.17) is 4.74 Å². The highest BCUT2D eigenvalue weighted by Crippen LogP contribution is 2.31. The highest BCUT2D eigenvalue weighted by molar-refractivity contribution is 5.04. The zero-order valence-corrected chi connectivity index (χ0v) is 11.8. The average molecular weight is 239 g/mol. The molecule has 1 rings (SSSR count). The minimum atomic E-state index is 0.0624. The molecule has 4 nitrogen and oxygen atoms in total. The van der Waals surface area contributed by atoms with E-state index in [0.29, 0.717) is 0 Å². The normalized spacial score (nSPS) is 15.9. The van der Waals surface area contributed by atoms with Gasteiger partial charge in [-0.25, -0.2) is 4.98 Å². The molecule has 0 saturated heterocycles. The van der Waals surface area contributed by atoms with Crippen LogP contribution in [0.5, 0.6) is 0 Å². The molecule has 0 spiro atoms. The molecule has 1 heterocycles. The van der Waals surface area contributed by atoms with Gasteiger partial charge < -0.3 is 14.6 Å². The minimum Gasteiger partial charge on any atom is -0.379 e. The Labute approximate surface area is 104 Å². The van der Waals surface area contributed by atoms with Crippen LogP contribution in [0.3, 0.4) is 0 Å². The van der Waals surface area contributed by atoms with Crippen molar-refractivity contribution in [1.82, 2.24) is 14.9 Å². The summed E-state index contributed by atoms with van der Waals surface area (Å²) in [6, 6.07) is 0.106. The van der Waals surface area contributed by atoms with Crippen molar-refractivity contribution in [3.63, 3.8) is 0 Å². The molecule has 0 radical (unpaired) electrons. The van der Waals surface area contributed by atoms with Crippen LogP contribution >= 0.6 is 0 Å². The molecule has 1 aromatic heterocycles. The van der Waals surface area contributed by atoms with E-state index in [0.717, 1.165) is 12.4 Å². The van der Waals surface area contributed by atoms with Gasteiger partial charge in [0.2, 0.25) is 0 Å². The van der Waals surface area contributed by atoms with Gasteiger partial charge >= 0.3 is 0 Å². The van der Waals surface area contributed by atoms with E-state index in [1.165, 1.54) is 0 Å². The van der Waals surface area contributed by atoms with E-state index in [2.05, 4.69) is 42.6 Å². The van der Waals surface area contributed by atoms with Crippen molar-refractivity contribution in [2.75, 3.05) is 14.2 Å². The topological polar surface area (TPSA) is 39.1 Å². The number of likely N-dealkylation sites (N-methyl/N-ethyl adjacent to an activating group) is 1. The van der Waals surface area contributed by atoms with Crippen LogP contribution in [0.15, 0.2) is 12.4 Å². The number of nitrogens with one attached hydrogen (secondary N) is 1. The first kappa shape index (κ1) is 14.2. The predicted molar refractivity (Wildman–Crippen MR) is 70.0 cm³/mol. The monoisotopic (exact) mass is 239 g/mol.